The van der Waals surface area contributed by atoms with Gasteiger partial charge in [0, 0.05) is 23.2 Å². The van der Waals surface area contributed by atoms with Gasteiger partial charge in [0.15, 0.2) is 17.3 Å². The summed E-state index contributed by atoms with van der Waals surface area (Å²) in [6.45, 7) is 0. The summed E-state index contributed by atoms with van der Waals surface area (Å²) < 4.78 is 10.7. The molecule has 0 amide bonds. The van der Waals surface area contributed by atoms with Gasteiger partial charge in [-0.25, -0.2) is 0 Å². The molecule has 0 saturated heterocycles. The maximum atomic E-state index is 12.8. The Morgan fingerprint density at radius 3 is 2.54 bits per heavy atom. The Kier molecular flexibility index (Phi) is 4.75. The van der Waals surface area contributed by atoms with Crippen LogP contribution in [-0.4, -0.2) is 35.2 Å². The third kappa shape index (κ3) is 3.04. The summed E-state index contributed by atoms with van der Waals surface area (Å²) >= 11 is 0. The zero-order valence-corrected chi connectivity index (χ0v) is 14.3. The Bertz CT molecular complexity index is 1010. The average Bonchev–Trinajstić information content (AvgIpc) is 2.65. The number of aromatic nitrogens is 1. The number of allylic oxidation sites excluding steroid dienone is 1. The van der Waals surface area contributed by atoms with Crippen LogP contribution in [0.3, 0.4) is 0 Å². The van der Waals surface area contributed by atoms with Crippen molar-refractivity contribution in [2.24, 2.45) is 0 Å². The summed E-state index contributed by atoms with van der Waals surface area (Å²) in [6.07, 6.45) is 5.95. The summed E-state index contributed by atoms with van der Waals surface area (Å²) in [5, 5.41) is 21.2. The monoisotopic (exact) mass is 351 g/mol. The van der Waals surface area contributed by atoms with E-state index in [1.54, 1.807) is 36.7 Å². The van der Waals surface area contributed by atoms with E-state index in [-0.39, 0.29) is 28.6 Å². The molecule has 0 bridgehead atoms. The van der Waals surface area contributed by atoms with Crippen molar-refractivity contribution in [1.29, 1.82) is 0 Å². The molecule has 1 aromatic heterocycles. The molecule has 0 aliphatic carbocycles. The van der Waals surface area contributed by atoms with Crippen LogP contribution in [0.1, 0.15) is 15.9 Å². The molecule has 0 saturated carbocycles. The molecule has 0 fully saturated rings. The van der Waals surface area contributed by atoms with Crippen molar-refractivity contribution >= 4 is 22.6 Å². The molecule has 0 radical (unpaired) electrons. The SMILES string of the molecule is COc1c(O)c(C(=O)/C=C/c2cccc(O)c2)c(OC)c2cnccc12. The van der Waals surface area contributed by atoms with Gasteiger partial charge in [-0.3, -0.25) is 9.78 Å². The lowest BCUT2D eigenvalue weighted by Gasteiger charge is -2.15. The third-order valence-corrected chi connectivity index (χ3v) is 3.94. The number of hydrogen-bond acceptors (Lipinski definition) is 6. The van der Waals surface area contributed by atoms with Crippen LogP contribution in [0.15, 0.2) is 48.8 Å². The quantitative estimate of drug-likeness (QED) is 0.540. The van der Waals surface area contributed by atoms with Gasteiger partial charge < -0.3 is 19.7 Å². The van der Waals surface area contributed by atoms with Gasteiger partial charge in [0.05, 0.1) is 14.2 Å². The largest absolute Gasteiger partial charge is 0.508 e. The van der Waals surface area contributed by atoms with E-state index >= 15 is 0 Å². The van der Waals surface area contributed by atoms with Crippen LogP contribution in [0.4, 0.5) is 0 Å². The molecule has 2 N–H and O–H groups in total. The predicted octanol–water partition coefficient (Wildman–Crippen LogP) is 3.56. The summed E-state index contributed by atoms with van der Waals surface area (Å²) in [5.41, 5.74) is 0.632. The third-order valence-electron chi connectivity index (χ3n) is 3.94. The fourth-order valence-electron chi connectivity index (χ4n) is 2.79. The van der Waals surface area contributed by atoms with E-state index in [1.165, 1.54) is 32.4 Å². The minimum atomic E-state index is -0.466. The normalized spacial score (nSPS) is 11.0. The van der Waals surface area contributed by atoms with Crippen LogP contribution in [0.25, 0.3) is 16.8 Å². The zero-order chi connectivity index (χ0) is 18.7. The van der Waals surface area contributed by atoms with Crippen molar-refractivity contribution in [3.63, 3.8) is 0 Å². The fourth-order valence-corrected chi connectivity index (χ4v) is 2.79. The standard InChI is InChI=1S/C20H17NO5/c1-25-19-15-11-21-9-8-14(15)20(26-2)18(24)17(19)16(23)7-6-12-4-3-5-13(22)10-12/h3-11,22,24H,1-2H3/b7-6+. The first kappa shape index (κ1) is 17.3. The molecule has 0 aliphatic heterocycles. The van der Waals surface area contributed by atoms with Crippen LogP contribution < -0.4 is 9.47 Å². The van der Waals surface area contributed by atoms with Gasteiger partial charge in [0.2, 0.25) is 0 Å². The van der Waals surface area contributed by atoms with E-state index in [4.69, 9.17) is 9.47 Å². The second-order valence-electron chi connectivity index (χ2n) is 5.50. The molecule has 2 aromatic carbocycles. The summed E-state index contributed by atoms with van der Waals surface area (Å²) in [4.78, 5) is 16.8. The molecular formula is C20H17NO5. The second kappa shape index (κ2) is 7.14. The lowest BCUT2D eigenvalue weighted by molar-refractivity contribution is 0.104. The molecule has 0 aliphatic rings. The number of hydrogen-bond donors (Lipinski definition) is 2. The van der Waals surface area contributed by atoms with Crippen LogP contribution in [0, 0.1) is 0 Å². The maximum absolute atomic E-state index is 12.8. The van der Waals surface area contributed by atoms with Crippen molar-refractivity contribution in [2.45, 2.75) is 0 Å². The van der Waals surface area contributed by atoms with Gasteiger partial charge in [-0.1, -0.05) is 18.2 Å². The molecule has 0 atom stereocenters. The topological polar surface area (TPSA) is 88.9 Å². The number of carbonyl (C=O) groups excluding carboxylic acids is 1. The van der Waals surface area contributed by atoms with Crippen molar-refractivity contribution in [3.05, 3.63) is 59.9 Å². The average molecular weight is 351 g/mol. The fraction of sp³-hybridized carbons (Fsp3) is 0.100. The number of rotatable bonds is 5. The maximum Gasteiger partial charge on any atom is 0.193 e. The van der Waals surface area contributed by atoms with Gasteiger partial charge in [-0.2, -0.15) is 0 Å². The van der Waals surface area contributed by atoms with Crippen LogP contribution in [0.5, 0.6) is 23.0 Å². The van der Waals surface area contributed by atoms with Gasteiger partial charge in [-0.15, -0.1) is 0 Å². The first-order chi connectivity index (χ1) is 12.6. The Hall–Kier alpha value is -3.54. The number of aromatic hydroxyl groups is 2. The van der Waals surface area contributed by atoms with Crippen molar-refractivity contribution in [3.8, 4) is 23.0 Å². The first-order valence-electron chi connectivity index (χ1n) is 7.79. The van der Waals surface area contributed by atoms with Crippen molar-refractivity contribution in [2.75, 3.05) is 14.2 Å². The van der Waals surface area contributed by atoms with E-state index in [9.17, 15) is 15.0 Å². The van der Waals surface area contributed by atoms with Crippen molar-refractivity contribution in [1.82, 2.24) is 4.98 Å². The number of carbonyl (C=O) groups is 1. The Morgan fingerprint density at radius 2 is 1.85 bits per heavy atom. The molecule has 0 unspecified atom stereocenters. The van der Waals surface area contributed by atoms with Crippen LogP contribution in [0.2, 0.25) is 0 Å². The highest BCUT2D eigenvalue weighted by Gasteiger charge is 2.24. The highest BCUT2D eigenvalue weighted by atomic mass is 16.5. The second-order valence-corrected chi connectivity index (χ2v) is 5.50. The smallest absolute Gasteiger partial charge is 0.193 e. The number of methoxy groups -OCH3 is 2. The van der Waals surface area contributed by atoms with Gasteiger partial charge in [-0.05, 0) is 29.8 Å². The van der Waals surface area contributed by atoms with Gasteiger partial charge in [0.1, 0.15) is 17.1 Å². The number of benzene rings is 2. The molecule has 132 valence electrons. The number of phenolic OH excluding ortho intramolecular Hbond substituents is 2. The molecule has 6 nitrogen and oxygen atoms in total. The number of fused-ring (bicyclic) bond motifs is 1. The number of ketones is 1. The molecule has 6 heteroatoms. The van der Waals surface area contributed by atoms with E-state index in [0.717, 1.165) is 0 Å². The Balaban J connectivity index is 2.14. The molecule has 3 aromatic rings. The molecule has 26 heavy (non-hydrogen) atoms. The number of nitrogens with zero attached hydrogens (tertiary/aromatic N) is 1. The van der Waals surface area contributed by atoms with Crippen LogP contribution in [-0.2, 0) is 0 Å². The highest BCUT2D eigenvalue weighted by molar-refractivity contribution is 6.15. The molecular weight excluding hydrogens is 334 g/mol. The number of pyridine rings is 1. The van der Waals surface area contributed by atoms with E-state index in [1.807, 2.05) is 0 Å². The lowest BCUT2D eigenvalue weighted by Crippen LogP contribution is -2.03. The predicted molar refractivity (Wildman–Crippen MR) is 98.0 cm³/mol. The molecule has 1 heterocycles. The molecule has 3 rings (SSSR count). The Labute approximate surface area is 150 Å². The first-order valence-corrected chi connectivity index (χ1v) is 7.79. The van der Waals surface area contributed by atoms with E-state index in [2.05, 4.69) is 4.98 Å². The van der Waals surface area contributed by atoms with Gasteiger partial charge >= 0.3 is 0 Å². The Morgan fingerprint density at radius 1 is 1.08 bits per heavy atom. The minimum absolute atomic E-state index is 0.0127. The minimum Gasteiger partial charge on any atom is -0.508 e. The van der Waals surface area contributed by atoms with Crippen LogP contribution >= 0.6 is 0 Å². The zero-order valence-electron chi connectivity index (χ0n) is 14.3. The summed E-state index contributed by atoms with van der Waals surface area (Å²) in [7, 11) is 2.83. The lowest BCUT2D eigenvalue weighted by atomic mass is 10.0. The van der Waals surface area contributed by atoms with Gasteiger partial charge in [0.25, 0.3) is 0 Å². The van der Waals surface area contributed by atoms with E-state index < -0.39 is 5.78 Å². The van der Waals surface area contributed by atoms with Crippen molar-refractivity contribution < 1.29 is 24.5 Å². The highest BCUT2D eigenvalue weighted by Crippen LogP contribution is 2.45. The summed E-state index contributed by atoms with van der Waals surface area (Å²) in [5.74, 6) is -0.270. The van der Waals surface area contributed by atoms with E-state index in [0.29, 0.717) is 16.3 Å². The molecule has 0 spiro atoms. The number of ether oxygens (including phenoxy) is 2. The summed E-state index contributed by atoms with van der Waals surface area (Å²) in [6, 6.07) is 8.14. The number of phenols is 2.